The normalized spacial score (nSPS) is 8.42. The predicted molar refractivity (Wildman–Crippen MR) is 49.8 cm³/mol. The molecule has 0 saturated carbocycles. The lowest BCUT2D eigenvalue weighted by Gasteiger charge is -1.99. The molecule has 0 bridgehead atoms. The number of halogens is 1. The molecule has 0 radical (unpaired) electrons. The third-order valence-electron chi connectivity index (χ3n) is 1.31. The van der Waals surface area contributed by atoms with Gasteiger partial charge in [0.2, 0.25) is 0 Å². The topological polar surface area (TPSA) is 24.9 Å². The molecule has 1 rings (SSSR count). The molecule has 68 valence electrons. The number of aryl methyl sites for hydroxylation is 1. The Kier molecular flexibility index (Phi) is 5.00. The summed E-state index contributed by atoms with van der Waals surface area (Å²) in [6, 6.07) is 1.42. The largest absolute Gasteiger partial charge is 0.387 e. The van der Waals surface area contributed by atoms with Crippen LogP contribution in [0, 0.1) is 12.7 Å². The molecule has 12 heavy (non-hydrogen) atoms. The van der Waals surface area contributed by atoms with Crippen molar-refractivity contribution in [3.05, 3.63) is 23.8 Å². The molecule has 0 saturated heterocycles. The van der Waals surface area contributed by atoms with Gasteiger partial charge in [-0.05, 0) is 6.92 Å². The summed E-state index contributed by atoms with van der Waals surface area (Å²) in [6.07, 6.45) is 1.60. The van der Waals surface area contributed by atoms with E-state index in [0.29, 0.717) is 11.4 Å². The molecule has 3 heteroatoms. The molecule has 0 amide bonds. The van der Waals surface area contributed by atoms with Crippen LogP contribution in [0.2, 0.25) is 0 Å². The summed E-state index contributed by atoms with van der Waals surface area (Å²) in [5.41, 5.74) is 1.13. The zero-order valence-corrected chi connectivity index (χ0v) is 7.98. The number of pyridine rings is 1. The van der Waals surface area contributed by atoms with E-state index in [1.165, 1.54) is 6.07 Å². The predicted octanol–water partition coefficient (Wildman–Crippen LogP) is 2.60. The zero-order chi connectivity index (χ0) is 9.56. The van der Waals surface area contributed by atoms with E-state index in [1.54, 1.807) is 20.2 Å². The van der Waals surface area contributed by atoms with Gasteiger partial charge >= 0.3 is 0 Å². The summed E-state index contributed by atoms with van der Waals surface area (Å²) in [6.45, 7) is 5.63. The quantitative estimate of drug-likeness (QED) is 0.700. The fourth-order valence-electron chi connectivity index (χ4n) is 0.643. The van der Waals surface area contributed by atoms with Crippen LogP contribution in [0.15, 0.2) is 12.3 Å². The van der Waals surface area contributed by atoms with E-state index in [9.17, 15) is 4.39 Å². The summed E-state index contributed by atoms with van der Waals surface area (Å²) in [7, 11) is 1.73. The first-order valence-electron chi connectivity index (χ1n) is 4.04. The molecule has 1 heterocycles. The van der Waals surface area contributed by atoms with Gasteiger partial charge in [0, 0.05) is 13.1 Å². The Morgan fingerprint density at radius 2 is 2.00 bits per heavy atom. The number of nitrogens with one attached hydrogen (secondary N) is 1. The molecule has 0 aliphatic heterocycles. The van der Waals surface area contributed by atoms with Crippen LogP contribution in [0.4, 0.5) is 10.1 Å². The summed E-state index contributed by atoms with van der Waals surface area (Å²) in [5.74, 6) is -0.271. The van der Waals surface area contributed by atoms with E-state index >= 15 is 0 Å². The van der Waals surface area contributed by atoms with Crippen molar-refractivity contribution in [3.63, 3.8) is 0 Å². The van der Waals surface area contributed by atoms with E-state index in [4.69, 9.17) is 0 Å². The first kappa shape index (κ1) is 10.9. The van der Waals surface area contributed by atoms with Crippen molar-refractivity contribution in [1.29, 1.82) is 0 Å². The van der Waals surface area contributed by atoms with Crippen LogP contribution in [0.25, 0.3) is 0 Å². The molecule has 0 unspecified atom stereocenters. The van der Waals surface area contributed by atoms with E-state index < -0.39 is 0 Å². The smallest absolute Gasteiger partial charge is 0.146 e. The number of nitrogens with zero attached hydrogens (tertiary/aromatic N) is 1. The monoisotopic (exact) mass is 170 g/mol. The third kappa shape index (κ3) is 2.86. The SMILES string of the molecule is CC.CNc1cnc(C)c(F)c1. The lowest BCUT2D eigenvalue weighted by atomic mass is 10.3. The fraction of sp³-hybridized carbons (Fsp3) is 0.444. The lowest BCUT2D eigenvalue weighted by molar-refractivity contribution is 0.610. The molecule has 0 fully saturated rings. The van der Waals surface area contributed by atoms with Crippen LogP contribution in [-0.2, 0) is 0 Å². The first-order valence-corrected chi connectivity index (χ1v) is 4.04. The summed E-state index contributed by atoms with van der Waals surface area (Å²) < 4.78 is 12.7. The molecule has 0 aromatic carbocycles. The summed E-state index contributed by atoms with van der Waals surface area (Å²) in [5, 5.41) is 2.79. The highest BCUT2D eigenvalue weighted by Crippen LogP contribution is 2.08. The average molecular weight is 170 g/mol. The summed E-state index contributed by atoms with van der Waals surface area (Å²) >= 11 is 0. The van der Waals surface area contributed by atoms with E-state index in [1.807, 2.05) is 13.8 Å². The fourth-order valence-corrected chi connectivity index (χ4v) is 0.643. The molecule has 0 spiro atoms. The molecular weight excluding hydrogens is 155 g/mol. The van der Waals surface area contributed by atoms with Gasteiger partial charge in [-0.25, -0.2) is 4.39 Å². The zero-order valence-electron chi connectivity index (χ0n) is 7.98. The van der Waals surface area contributed by atoms with Gasteiger partial charge < -0.3 is 5.32 Å². The molecule has 0 aliphatic carbocycles. The van der Waals surface area contributed by atoms with Crippen LogP contribution in [-0.4, -0.2) is 12.0 Å². The lowest BCUT2D eigenvalue weighted by Crippen LogP contribution is -1.93. The molecule has 1 aromatic heterocycles. The average Bonchev–Trinajstić information content (AvgIpc) is 2.13. The van der Waals surface area contributed by atoms with Crippen LogP contribution in [0.1, 0.15) is 19.5 Å². The van der Waals surface area contributed by atoms with Crippen molar-refractivity contribution >= 4 is 5.69 Å². The van der Waals surface area contributed by atoms with E-state index in [2.05, 4.69) is 10.3 Å². The van der Waals surface area contributed by atoms with Crippen LogP contribution in [0.5, 0.6) is 0 Å². The maximum absolute atomic E-state index is 12.7. The minimum absolute atomic E-state index is 0.271. The second kappa shape index (κ2) is 5.52. The minimum Gasteiger partial charge on any atom is -0.387 e. The first-order chi connectivity index (χ1) is 5.74. The Bertz CT molecular complexity index is 236. The van der Waals surface area contributed by atoms with Crippen molar-refractivity contribution in [3.8, 4) is 0 Å². The standard InChI is InChI=1S/C7H9FN2.C2H6/c1-5-7(8)3-6(9-2)4-10-5;1-2/h3-4,9H,1-2H3;1-2H3. The van der Waals surface area contributed by atoms with Crippen molar-refractivity contribution in [1.82, 2.24) is 4.98 Å². The highest BCUT2D eigenvalue weighted by molar-refractivity contribution is 5.40. The second-order valence-corrected chi connectivity index (χ2v) is 2.04. The van der Waals surface area contributed by atoms with Crippen molar-refractivity contribution in [2.75, 3.05) is 12.4 Å². The van der Waals surface area contributed by atoms with Crippen LogP contribution >= 0.6 is 0 Å². The number of rotatable bonds is 1. The second-order valence-electron chi connectivity index (χ2n) is 2.04. The van der Waals surface area contributed by atoms with Crippen LogP contribution < -0.4 is 5.32 Å². The van der Waals surface area contributed by atoms with Crippen molar-refractivity contribution in [2.24, 2.45) is 0 Å². The van der Waals surface area contributed by atoms with Gasteiger partial charge in [-0.3, -0.25) is 4.98 Å². The Balaban J connectivity index is 0.000000561. The van der Waals surface area contributed by atoms with Gasteiger partial charge in [0.05, 0.1) is 17.6 Å². The Labute approximate surface area is 72.8 Å². The number of hydrogen-bond acceptors (Lipinski definition) is 2. The highest BCUT2D eigenvalue weighted by Gasteiger charge is 1.97. The van der Waals surface area contributed by atoms with Crippen molar-refractivity contribution < 1.29 is 4.39 Å². The number of anilines is 1. The van der Waals surface area contributed by atoms with Gasteiger partial charge in [0.1, 0.15) is 5.82 Å². The molecule has 0 aliphatic rings. The van der Waals surface area contributed by atoms with Gasteiger partial charge in [-0.1, -0.05) is 13.8 Å². The minimum atomic E-state index is -0.271. The molecule has 1 N–H and O–H groups in total. The Hall–Kier alpha value is -1.12. The highest BCUT2D eigenvalue weighted by atomic mass is 19.1. The molecule has 2 nitrogen and oxygen atoms in total. The number of hydrogen-bond donors (Lipinski definition) is 1. The Morgan fingerprint density at radius 1 is 1.42 bits per heavy atom. The van der Waals surface area contributed by atoms with Gasteiger partial charge in [0.25, 0.3) is 0 Å². The molecular formula is C9H15FN2. The molecule has 1 aromatic rings. The molecule has 0 atom stereocenters. The van der Waals surface area contributed by atoms with E-state index in [-0.39, 0.29) is 5.82 Å². The van der Waals surface area contributed by atoms with Crippen LogP contribution in [0.3, 0.4) is 0 Å². The number of aromatic nitrogens is 1. The third-order valence-corrected chi connectivity index (χ3v) is 1.31. The maximum atomic E-state index is 12.7. The van der Waals surface area contributed by atoms with Gasteiger partial charge in [0.15, 0.2) is 0 Å². The maximum Gasteiger partial charge on any atom is 0.146 e. The van der Waals surface area contributed by atoms with Crippen molar-refractivity contribution in [2.45, 2.75) is 20.8 Å². The Morgan fingerprint density at radius 3 is 2.42 bits per heavy atom. The van der Waals surface area contributed by atoms with Gasteiger partial charge in [-0.2, -0.15) is 0 Å². The summed E-state index contributed by atoms with van der Waals surface area (Å²) in [4.78, 5) is 3.81. The van der Waals surface area contributed by atoms with E-state index in [0.717, 1.165) is 0 Å². The van der Waals surface area contributed by atoms with Gasteiger partial charge in [-0.15, -0.1) is 0 Å².